The molecular weight excluding hydrogens is 331 g/mol. The third kappa shape index (κ3) is 4.83. The minimum absolute atomic E-state index is 0.00694. The number of hydrogen-bond donors (Lipinski definition) is 1. The van der Waals surface area contributed by atoms with Crippen LogP contribution in [0.2, 0.25) is 10.0 Å². The summed E-state index contributed by atoms with van der Waals surface area (Å²) in [5.74, 6) is 0. The topological polar surface area (TPSA) is 103 Å². The lowest BCUT2D eigenvalue weighted by molar-refractivity contribution is -0.385. The number of nitrogens with two attached hydrogens (primary N) is 1. The van der Waals surface area contributed by atoms with Crippen LogP contribution in [-0.4, -0.2) is 17.5 Å². The molecule has 2 rings (SSSR count). The molecule has 2 aromatic carbocycles. The van der Waals surface area contributed by atoms with E-state index in [1.807, 2.05) is 0 Å². The summed E-state index contributed by atoms with van der Waals surface area (Å²) in [7, 11) is 0. The third-order valence-electron chi connectivity index (χ3n) is 2.49. The molecule has 0 heterocycles. The number of carbonyl (C=O) groups excluding carboxylic acids is 2. The first-order valence-corrected chi connectivity index (χ1v) is 6.54. The van der Waals surface area contributed by atoms with Gasteiger partial charge >= 0.3 is 0 Å². The van der Waals surface area contributed by atoms with Gasteiger partial charge in [-0.05, 0) is 30.3 Å². The van der Waals surface area contributed by atoms with Gasteiger partial charge in [-0.1, -0.05) is 23.2 Å². The van der Waals surface area contributed by atoms with Crippen LogP contribution in [0.5, 0.6) is 0 Å². The molecule has 0 atom stereocenters. The number of aldehydes is 2. The van der Waals surface area contributed by atoms with Gasteiger partial charge in [-0.25, -0.2) is 0 Å². The summed E-state index contributed by atoms with van der Waals surface area (Å²) in [5.41, 5.74) is 6.07. The van der Waals surface area contributed by atoms with Gasteiger partial charge in [0.1, 0.15) is 0 Å². The van der Waals surface area contributed by atoms with Gasteiger partial charge < -0.3 is 5.73 Å². The third-order valence-corrected chi connectivity index (χ3v) is 2.96. The van der Waals surface area contributed by atoms with E-state index in [-0.39, 0.29) is 11.3 Å². The van der Waals surface area contributed by atoms with Crippen LogP contribution >= 0.6 is 23.2 Å². The Hall–Kier alpha value is -2.44. The number of benzene rings is 2. The minimum atomic E-state index is -0.625. The molecule has 0 aliphatic carbocycles. The molecule has 0 spiro atoms. The molecule has 0 aliphatic heterocycles. The predicted molar refractivity (Wildman–Crippen MR) is 84.7 cm³/mol. The first kappa shape index (κ1) is 17.6. The van der Waals surface area contributed by atoms with Crippen molar-refractivity contribution in [2.75, 3.05) is 5.73 Å². The molecule has 8 heteroatoms. The highest BCUT2D eigenvalue weighted by molar-refractivity contribution is 6.31. The Bertz CT molecular complexity index is 720. The molecule has 0 fully saturated rings. The standard InChI is InChI=1S/C7H4ClNO3.C7H6ClNO/c8-6-1-2-7(9(11)12)5(3-6)4-10;8-6-1-2-7(9)5(3-6)4-10/h1-4H;1-4H,9H2. The van der Waals surface area contributed by atoms with Gasteiger partial charge in [-0.3, -0.25) is 19.7 Å². The molecule has 0 bridgehead atoms. The quantitative estimate of drug-likeness (QED) is 0.396. The number of carbonyl (C=O) groups is 2. The maximum absolute atomic E-state index is 10.3. The summed E-state index contributed by atoms with van der Waals surface area (Å²) >= 11 is 11.1. The average molecular weight is 341 g/mol. The number of hydrogen-bond acceptors (Lipinski definition) is 5. The Balaban J connectivity index is 0.000000224. The minimum Gasteiger partial charge on any atom is -0.398 e. The number of nitrogens with zero attached hydrogens (tertiary/aromatic N) is 1. The predicted octanol–water partition coefficient (Wildman–Crippen LogP) is 3.80. The lowest BCUT2D eigenvalue weighted by Crippen LogP contribution is -1.93. The second kappa shape index (κ2) is 8.11. The number of halogens is 2. The van der Waals surface area contributed by atoms with Gasteiger partial charge in [0.2, 0.25) is 0 Å². The van der Waals surface area contributed by atoms with E-state index >= 15 is 0 Å². The summed E-state index contributed by atoms with van der Waals surface area (Å²) in [5, 5.41) is 11.1. The molecule has 0 radical (unpaired) electrons. The molecule has 0 aliphatic rings. The van der Waals surface area contributed by atoms with Crippen LogP contribution in [0.15, 0.2) is 36.4 Å². The van der Waals surface area contributed by atoms with Crippen molar-refractivity contribution < 1.29 is 14.5 Å². The fourth-order valence-electron chi connectivity index (χ4n) is 1.43. The van der Waals surface area contributed by atoms with Crippen molar-refractivity contribution in [1.82, 2.24) is 0 Å². The second-order valence-corrected chi connectivity index (χ2v) is 4.84. The number of nitrogen functional groups attached to an aromatic ring is 1. The lowest BCUT2D eigenvalue weighted by Gasteiger charge is -1.96. The summed E-state index contributed by atoms with van der Waals surface area (Å²) < 4.78 is 0. The molecule has 0 amide bonds. The molecule has 0 saturated carbocycles. The number of nitro groups is 1. The number of anilines is 1. The molecule has 6 nitrogen and oxygen atoms in total. The first-order valence-electron chi connectivity index (χ1n) is 5.78. The number of rotatable bonds is 3. The van der Waals surface area contributed by atoms with E-state index < -0.39 is 4.92 Å². The van der Waals surface area contributed by atoms with Gasteiger partial charge in [-0.15, -0.1) is 0 Å². The maximum Gasteiger partial charge on any atom is 0.279 e. The summed E-state index contributed by atoms with van der Waals surface area (Å²) in [6.07, 6.45) is 1.09. The molecule has 2 aromatic rings. The number of nitro benzene ring substituents is 1. The highest BCUT2D eigenvalue weighted by Crippen LogP contribution is 2.20. The molecule has 0 saturated heterocycles. The van der Waals surface area contributed by atoms with E-state index in [0.29, 0.717) is 33.9 Å². The Morgan fingerprint density at radius 1 is 0.955 bits per heavy atom. The molecule has 114 valence electrons. The van der Waals surface area contributed by atoms with Gasteiger partial charge in [0.25, 0.3) is 5.69 Å². The van der Waals surface area contributed by atoms with E-state index in [4.69, 9.17) is 28.9 Å². The van der Waals surface area contributed by atoms with Crippen molar-refractivity contribution in [2.45, 2.75) is 0 Å². The molecule has 22 heavy (non-hydrogen) atoms. The van der Waals surface area contributed by atoms with Crippen LogP contribution in [0.1, 0.15) is 20.7 Å². The van der Waals surface area contributed by atoms with Gasteiger partial charge in [0.15, 0.2) is 12.6 Å². The van der Waals surface area contributed by atoms with Crippen LogP contribution in [-0.2, 0) is 0 Å². The fourth-order valence-corrected chi connectivity index (χ4v) is 1.79. The van der Waals surface area contributed by atoms with E-state index in [1.165, 1.54) is 24.3 Å². The van der Waals surface area contributed by atoms with Crippen molar-refractivity contribution in [2.24, 2.45) is 0 Å². The normalized spacial score (nSPS) is 9.36. The van der Waals surface area contributed by atoms with Crippen molar-refractivity contribution in [1.29, 1.82) is 0 Å². The lowest BCUT2D eigenvalue weighted by atomic mass is 10.2. The van der Waals surface area contributed by atoms with Gasteiger partial charge in [-0.2, -0.15) is 0 Å². The smallest absolute Gasteiger partial charge is 0.279 e. The van der Waals surface area contributed by atoms with Crippen LogP contribution in [0.4, 0.5) is 11.4 Å². The zero-order chi connectivity index (χ0) is 16.7. The molecule has 0 aromatic heterocycles. The average Bonchev–Trinajstić information content (AvgIpc) is 2.49. The zero-order valence-corrected chi connectivity index (χ0v) is 12.5. The highest BCUT2D eigenvalue weighted by Gasteiger charge is 2.12. The highest BCUT2D eigenvalue weighted by atomic mass is 35.5. The Morgan fingerprint density at radius 2 is 1.45 bits per heavy atom. The Morgan fingerprint density at radius 3 is 1.91 bits per heavy atom. The van der Waals surface area contributed by atoms with E-state index in [9.17, 15) is 19.7 Å². The fraction of sp³-hybridized carbons (Fsp3) is 0. The largest absolute Gasteiger partial charge is 0.398 e. The first-order chi connectivity index (χ1) is 10.4. The summed E-state index contributed by atoms with van der Waals surface area (Å²) in [4.78, 5) is 30.2. The second-order valence-electron chi connectivity index (χ2n) is 3.97. The van der Waals surface area contributed by atoms with Crippen molar-refractivity contribution in [3.05, 3.63) is 67.7 Å². The SMILES string of the molecule is Nc1ccc(Cl)cc1C=O.O=Cc1cc(Cl)ccc1[N+](=O)[O-]. The van der Waals surface area contributed by atoms with E-state index in [1.54, 1.807) is 12.1 Å². The van der Waals surface area contributed by atoms with Crippen LogP contribution in [0.3, 0.4) is 0 Å². The summed E-state index contributed by atoms with van der Waals surface area (Å²) in [6.45, 7) is 0. The Kier molecular flexibility index (Phi) is 6.49. The molecule has 2 N–H and O–H groups in total. The monoisotopic (exact) mass is 340 g/mol. The van der Waals surface area contributed by atoms with Crippen LogP contribution < -0.4 is 5.73 Å². The van der Waals surface area contributed by atoms with E-state index in [0.717, 1.165) is 0 Å². The van der Waals surface area contributed by atoms with Crippen LogP contribution in [0, 0.1) is 10.1 Å². The van der Waals surface area contributed by atoms with Crippen molar-refractivity contribution in [3.8, 4) is 0 Å². The summed E-state index contributed by atoms with van der Waals surface area (Å²) in [6, 6.07) is 8.60. The van der Waals surface area contributed by atoms with E-state index in [2.05, 4.69) is 0 Å². The maximum atomic E-state index is 10.3. The Labute approximate surface area is 135 Å². The zero-order valence-electron chi connectivity index (χ0n) is 11.0. The van der Waals surface area contributed by atoms with Gasteiger partial charge in [0.05, 0.1) is 10.5 Å². The van der Waals surface area contributed by atoms with Crippen molar-refractivity contribution in [3.63, 3.8) is 0 Å². The molecule has 0 unspecified atom stereocenters. The van der Waals surface area contributed by atoms with Crippen LogP contribution in [0.25, 0.3) is 0 Å². The molecular formula is C14H10Cl2N2O4. The van der Waals surface area contributed by atoms with Crippen molar-refractivity contribution >= 4 is 47.1 Å². The van der Waals surface area contributed by atoms with Gasteiger partial charge in [0, 0.05) is 27.4 Å².